The molecule has 12 nitrogen and oxygen atoms in total. The van der Waals surface area contributed by atoms with Crippen LogP contribution < -0.4 is 9.47 Å². The first-order chi connectivity index (χ1) is 34.4. The molecule has 0 unspecified atom stereocenters. The van der Waals surface area contributed by atoms with Crippen molar-refractivity contribution in [2.24, 2.45) is 11.8 Å². The molecular formula is C60H68O12. The highest BCUT2D eigenvalue weighted by atomic mass is 16.7. The fourth-order valence-electron chi connectivity index (χ4n) is 9.87. The van der Waals surface area contributed by atoms with Crippen molar-refractivity contribution in [3.05, 3.63) is 175 Å². The van der Waals surface area contributed by atoms with Gasteiger partial charge in [0.25, 0.3) is 0 Å². The number of hydrogen-bond acceptors (Lipinski definition) is 12. The second-order valence-electron chi connectivity index (χ2n) is 19.5. The van der Waals surface area contributed by atoms with Crippen molar-refractivity contribution in [1.29, 1.82) is 0 Å². The van der Waals surface area contributed by atoms with Crippen molar-refractivity contribution in [2.45, 2.75) is 92.9 Å². The summed E-state index contributed by atoms with van der Waals surface area (Å²) in [4.78, 5) is 25.1. The molecule has 7 rings (SSSR count). The average Bonchev–Trinajstić information content (AvgIpc) is 3.36. The molecule has 0 bridgehead atoms. The van der Waals surface area contributed by atoms with Gasteiger partial charge in [-0.05, 0) is 195 Å². The van der Waals surface area contributed by atoms with Gasteiger partial charge < -0.3 is 48.8 Å². The van der Waals surface area contributed by atoms with Crippen LogP contribution in [0.5, 0.6) is 34.5 Å². The van der Waals surface area contributed by atoms with Gasteiger partial charge in [-0.1, -0.05) is 72.8 Å². The Hall–Kier alpha value is -7.02. The fraction of sp³-hybridized carbons (Fsp3) is 0.367. The first-order valence-electron chi connectivity index (χ1n) is 24.6. The van der Waals surface area contributed by atoms with E-state index in [1.165, 1.54) is 0 Å². The van der Waals surface area contributed by atoms with E-state index in [-0.39, 0.29) is 61.6 Å². The van der Waals surface area contributed by atoms with Crippen LogP contribution in [0, 0.1) is 67.2 Å². The summed E-state index contributed by atoms with van der Waals surface area (Å²) in [6.07, 6.45) is 3.76. The zero-order valence-corrected chi connectivity index (χ0v) is 42.7. The highest BCUT2D eigenvalue weighted by molar-refractivity contribution is 5.71. The van der Waals surface area contributed by atoms with E-state index in [1.54, 1.807) is 0 Å². The predicted molar refractivity (Wildman–Crippen MR) is 275 cm³/mol. The molecule has 1 fully saturated rings. The van der Waals surface area contributed by atoms with Crippen LogP contribution in [-0.4, -0.2) is 72.4 Å². The number of rotatable bonds is 20. The highest BCUT2D eigenvalue weighted by Crippen LogP contribution is 2.41. The molecule has 0 aromatic heterocycles. The SMILES string of the molecule is Cc1cc(C(c2ccc(OCC(=O)OCOCC3CCC(COCOC(=O)COc4ccc(C(c5cc(C)c(O)c(C)c5)c5cc(C)c(O)c(C)c5)cc4)CC3)cc2)c2cc(C)c(O)c(C)c2)cc(C)c1O. The number of ether oxygens (including phenoxy) is 6. The van der Waals surface area contributed by atoms with Crippen molar-refractivity contribution in [1.82, 2.24) is 0 Å². The molecule has 1 aliphatic carbocycles. The van der Waals surface area contributed by atoms with E-state index in [0.717, 1.165) is 104 Å². The average molecular weight is 981 g/mol. The number of phenolic OH excluding ortho intramolecular Hbond substituents is 4. The quantitative estimate of drug-likeness (QED) is 0.0247. The van der Waals surface area contributed by atoms with Crippen LogP contribution in [0.2, 0.25) is 0 Å². The van der Waals surface area contributed by atoms with Gasteiger partial charge in [0, 0.05) is 11.8 Å². The van der Waals surface area contributed by atoms with Gasteiger partial charge >= 0.3 is 11.9 Å². The number of esters is 2. The van der Waals surface area contributed by atoms with Crippen LogP contribution in [0.4, 0.5) is 0 Å². The van der Waals surface area contributed by atoms with E-state index in [9.17, 15) is 30.0 Å². The molecule has 1 saturated carbocycles. The number of phenols is 4. The maximum Gasteiger partial charge on any atom is 0.346 e. The van der Waals surface area contributed by atoms with Gasteiger partial charge in [-0.2, -0.15) is 0 Å². The Balaban J connectivity index is 0.779. The topological polar surface area (TPSA) is 170 Å². The molecule has 0 heterocycles. The van der Waals surface area contributed by atoms with Crippen molar-refractivity contribution >= 4 is 11.9 Å². The number of hydrogen-bond donors (Lipinski definition) is 4. The normalized spacial score (nSPS) is 14.6. The van der Waals surface area contributed by atoms with Gasteiger partial charge in [-0.15, -0.1) is 0 Å². The first kappa shape index (κ1) is 52.8. The second-order valence-corrected chi connectivity index (χ2v) is 19.5. The summed E-state index contributed by atoms with van der Waals surface area (Å²) in [5.74, 6) is 1.35. The fourth-order valence-corrected chi connectivity index (χ4v) is 9.87. The third kappa shape index (κ3) is 13.3. The van der Waals surface area contributed by atoms with Gasteiger partial charge in [-0.25, -0.2) is 9.59 Å². The molecule has 72 heavy (non-hydrogen) atoms. The maximum absolute atomic E-state index is 12.5. The molecule has 0 aliphatic heterocycles. The van der Waals surface area contributed by atoms with Crippen molar-refractivity contribution in [2.75, 3.05) is 40.0 Å². The van der Waals surface area contributed by atoms with Crippen LogP contribution in [-0.2, 0) is 28.5 Å². The molecule has 0 spiro atoms. The summed E-state index contributed by atoms with van der Waals surface area (Å²) in [6.45, 7) is 15.1. The molecule has 0 saturated heterocycles. The Morgan fingerprint density at radius 3 is 0.917 bits per heavy atom. The lowest BCUT2D eigenvalue weighted by Crippen LogP contribution is -2.24. The number of aromatic hydroxyl groups is 4. The predicted octanol–water partition coefficient (Wildman–Crippen LogP) is 11.6. The smallest absolute Gasteiger partial charge is 0.346 e. The molecule has 6 aromatic rings. The van der Waals surface area contributed by atoms with E-state index in [1.807, 2.05) is 152 Å². The molecule has 0 radical (unpaired) electrons. The largest absolute Gasteiger partial charge is 0.507 e. The first-order valence-corrected chi connectivity index (χ1v) is 24.6. The summed E-state index contributed by atoms with van der Waals surface area (Å²) in [5.41, 5.74) is 12.2. The summed E-state index contributed by atoms with van der Waals surface area (Å²) in [7, 11) is 0. The molecular weight excluding hydrogens is 913 g/mol. The second kappa shape index (κ2) is 23.9. The molecule has 12 heteroatoms. The third-order valence-corrected chi connectivity index (χ3v) is 13.8. The summed E-state index contributed by atoms with van der Waals surface area (Å²) < 4.78 is 33.5. The standard InChI is InChI=1S/C60H68O12/c1-35-21-47(22-36(2)57(35)63)55(48-23-37(3)58(64)38(4)24-48)45-13-17-51(18-14-45)69-31-53(61)71-33-67-29-43-9-11-44(12-10-43)30-68-34-72-54(62)32-70-52-19-15-46(16-20-52)56(49-25-39(5)59(65)40(6)26-49)50-27-41(7)60(66)42(8)28-50/h13-28,43-44,55-56,63-66H,9-12,29-34H2,1-8H3. The number of carbonyl (C=O) groups is 2. The number of benzene rings is 6. The Kier molecular flexibility index (Phi) is 17.5. The minimum Gasteiger partial charge on any atom is -0.507 e. The van der Waals surface area contributed by atoms with Crippen LogP contribution in [0.25, 0.3) is 0 Å². The summed E-state index contributed by atoms with van der Waals surface area (Å²) in [6, 6.07) is 31.0. The van der Waals surface area contributed by atoms with Gasteiger partial charge in [0.2, 0.25) is 0 Å². The molecule has 4 N–H and O–H groups in total. The lowest BCUT2D eigenvalue weighted by molar-refractivity contribution is -0.161. The molecule has 1 aliphatic rings. The lowest BCUT2D eigenvalue weighted by atomic mass is 9.82. The van der Waals surface area contributed by atoms with Gasteiger partial charge in [0.1, 0.15) is 34.5 Å². The Morgan fingerprint density at radius 2 is 0.667 bits per heavy atom. The van der Waals surface area contributed by atoms with E-state index in [2.05, 4.69) is 0 Å². The van der Waals surface area contributed by atoms with Crippen molar-refractivity contribution < 1.29 is 58.4 Å². The monoisotopic (exact) mass is 980 g/mol. The van der Waals surface area contributed by atoms with Gasteiger partial charge in [0.05, 0.1) is 13.2 Å². The molecule has 6 aromatic carbocycles. The maximum atomic E-state index is 12.5. The van der Waals surface area contributed by atoms with Gasteiger partial charge in [0.15, 0.2) is 26.8 Å². The molecule has 0 amide bonds. The highest BCUT2D eigenvalue weighted by Gasteiger charge is 2.25. The summed E-state index contributed by atoms with van der Waals surface area (Å²) >= 11 is 0. The molecule has 380 valence electrons. The van der Waals surface area contributed by atoms with E-state index in [0.29, 0.717) is 36.5 Å². The van der Waals surface area contributed by atoms with Crippen LogP contribution in [0.15, 0.2) is 97.1 Å². The van der Waals surface area contributed by atoms with Crippen molar-refractivity contribution in [3.8, 4) is 34.5 Å². The molecule has 0 atom stereocenters. The van der Waals surface area contributed by atoms with E-state index < -0.39 is 11.9 Å². The van der Waals surface area contributed by atoms with Gasteiger partial charge in [-0.3, -0.25) is 0 Å². The summed E-state index contributed by atoms with van der Waals surface area (Å²) in [5, 5.41) is 41.9. The lowest BCUT2D eigenvalue weighted by Gasteiger charge is -2.28. The third-order valence-electron chi connectivity index (χ3n) is 13.8. The van der Waals surface area contributed by atoms with Crippen LogP contribution >= 0.6 is 0 Å². The number of aryl methyl sites for hydroxylation is 8. The Bertz CT molecular complexity index is 2440. The number of carbonyl (C=O) groups excluding carboxylic acids is 2. The minimum absolute atomic E-state index is 0.162. The zero-order valence-electron chi connectivity index (χ0n) is 42.7. The van der Waals surface area contributed by atoms with E-state index in [4.69, 9.17) is 28.4 Å². The minimum atomic E-state index is -0.539. The Labute approximate surface area is 423 Å². The van der Waals surface area contributed by atoms with Crippen LogP contribution in [0.3, 0.4) is 0 Å². The van der Waals surface area contributed by atoms with Crippen molar-refractivity contribution in [3.63, 3.8) is 0 Å². The zero-order chi connectivity index (χ0) is 51.6. The van der Waals surface area contributed by atoms with Crippen LogP contribution in [0.1, 0.15) is 115 Å². The van der Waals surface area contributed by atoms with E-state index >= 15 is 0 Å². The Morgan fingerprint density at radius 1 is 0.417 bits per heavy atom.